The van der Waals surface area contributed by atoms with Crippen LogP contribution in [-0.2, 0) is 0 Å². The van der Waals surface area contributed by atoms with Crippen LogP contribution in [0.25, 0.3) is 72.7 Å². The molecule has 2 aliphatic carbocycles. The van der Waals surface area contributed by atoms with E-state index in [-0.39, 0.29) is 0 Å². The number of hydrogen-bond acceptors (Lipinski definition) is 4. The van der Waals surface area contributed by atoms with E-state index in [2.05, 4.69) is 108 Å². The molecule has 0 saturated carbocycles. The normalized spacial score (nSPS) is 13.5. The van der Waals surface area contributed by atoms with Crippen LogP contribution in [0.2, 0.25) is 0 Å². The first kappa shape index (κ1) is 40.2. The number of furan rings is 1. The summed E-state index contributed by atoms with van der Waals surface area (Å²) in [4.78, 5) is 20.9. The fraction of sp³-hybridized carbons (Fsp3) is 0.0339. The van der Waals surface area contributed by atoms with Gasteiger partial charge in [-0.1, -0.05) is 182 Å². The zero-order valence-electron chi connectivity index (χ0n) is 35.7. The molecule has 0 atom stereocenters. The van der Waals surface area contributed by atoms with Crippen LogP contribution in [0.5, 0.6) is 0 Å². The Morgan fingerprint density at radius 3 is 2.12 bits per heavy atom. The van der Waals surface area contributed by atoms with Crippen LogP contribution in [0, 0.1) is 11.8 Å². The third-order valence-electron chi connectivity index (χ3n) is 11.2. The minimum absolute atomic E-state index is 0.337. The van der Waals surface area contributed by atoms with E-state index >= 15 is 0 Å². The molecule has 10 rings (SSSR count). The highest BCUT2D eigenvalue weighted by atomic mass is 16.3. The van der Waals surface area contributed by atoms with Crippen molar-refractivity contribution >= 4 is 56.3 Å². The van der Waals surface area contributed by atoms with Gasteiger partial charge >= 0.3 is 0 Å². The molecular formula is C59H41N5O. The van der Waals surface area contributed by atoms with Crippen LogP contribution in [-0.4, -0.2) is 21.6 Å². The van der Waals surface area contributed by atoms with E-state index in [1.165, 1.54) is 0 Å². The predicted octanol–water partition coefficient (Wildman–Crippen LogP) is 14.3. The third-order valence-corrected chi connectivity index (χ3v) is 11.2. The fourth-order valence-corrected chi connectivity index (χ4v) is 7.88. The van der Waals surface area contributed by atoms with Crippen LogP contribution in [0.3, 0.4) is 0 Å². The maximum atomic E-state index is 6.82. The van der Waals surface area contributed by atoms with E-state index in [1.54, 1.807) is 0 Å². The highest BCUT2D eigenvalue weighted by Gasteiger charge is 2.24. The lowest BCUT2D eigenvalue weighted by atomic mass is 10.00. The van der Waals surface area contributed by atoms with Crippen molar-refractivity contribution in [3.63, 3.8) is 0 Å². The first-order valence-electron chi connectivity index (χ1n) is 21.5. The summed E-state index contributed by atoms with van der Waals surface area (Å²) in [6.07, 6.45) is 16.7. The number of fused-ring (bicyclic) bond motifs is 3. The monoisotopic (exact) mass is 835 g/mol. The van der Waals surface area contributed by atoms with Crippen molar-refractivity contribution in [3.05, 3.63) is 235 Å². The van der Waals surface area contributed by atoms with E-state index < -0.39 is 0 Å². The Bertz CT molecular complexity index is 3440. The molecular weight excluding hydrogens is 795 g/mol. The molecule has 2 aromatic heterocycles. The van der Waals surface area contributed by atoms with Crippen LogP contribution >= 0.6 is 0 Å². The SMILES string of the molecule is C=C(N=C(/N=C(\C)c1ccc(-c2ccccc2)cc1)Nc1c(C2=CC=CCC#C2)ccc2oc3c(-c4ccccc4)nc(-c4ccc(C5=CC=C=CC=C5)cc4)nc3c12)c1ccccc1. The highest BCUT2D eigenvalue weighted by molar-refractivity contribution is 6.20. The van der Waals surface area contributed by atoms with Gasteiger partial charge in [-0.2, -0.15) is 0 Å². The Labute approximate surface area is 378 Å². The van der Waals surface area contributed by atoms with Gasteiger partial charge in [-0.05, 0) is 76.8 Å². The minimum atomic E-state index is 0.337. The molecule has 0 unspecified atom stereocenters. The molecule has 6 aromatic carbocycles. The topological polar surface area (TPSA) is 75.7 Å². The molecule has 0 aliphatic heterocycles. The van der Waals surface area contributed by atoms with Gasteiger partial charge in [0.25, 0.3) is 0 Å². The molecule has 6 heteroatoms. The van der Waals surface area contributed by atoms with Gasteiger partial charge in [-0.3, -0.25) is 0 Å². The van der Waals surface area contributed by atoms with Crippen molar-refractivity contribution < 1.29 is 4.42 Å². The Hall–Kier alpha value is -8.88. The summed E-state index contributed by atoms with van der Waals surface area (Å²) >= 11 is 0. The number of aromatic nitrogens is 2. The molecule has 0 fully saturated rings. The quantitative estimate of drug-likeness (QED) is 0.0680. The second kappa shape index (κ2) is 18.2. The molecule has 0 spiro atoms. The summed E-state index contributed by atoms with van der Waals surface area (Å²) in [5, 5.41) is 4.47. The van der Waals surface area contributed by atoms with Gasteiger partial charge in [0.15, 0.2) is 11.4 Å². The maximum Gasteiger partial charge on any atom is 0.228 e. The number of allylic oxidation sites excluding steroid dienone is 9. The lowest BCUT2D eigenvalue weighted by molar-refractivity contribution is 0.667. The lowest BCUT2D eigenvalue weighted by Gasteiger charge is -2.15. The van der Waals surface area contributed by atoms with Crippen molar-refractivity contribution in [3.8, 4) is 45.6 Å². The Kier molecular flexibility index (Phi) is 11.3. The number of nitrogens with zero attached hydrogens (tertiary/aromatic N) is 4. The number of anilines is 1. The summed E-state index contributed by atoms with van der Waals surface area (Å²) in [6, 6.07) is 51.1. The van der Waals surface area contributed by atoms with E-state index in [1.807, 2.05) is 128 Å². The van der Waals surface area contributed by atoms with Gasteiger partial charge in [0.05, 0.1) is 16.8 Å². The number of benzene rings is 6. The first-order valence-corrected chi connectivity index (χ1v) is 21.5. The number of aliphatic imine (C=N–C) groups is 2. The molecule has 0 amide bonds. The van der Waals surface area contributed by atoms with Gasteiger partial charge in [-0.25, -0.2) is 20.0 Å². The Morgan fingerprint density at radius 1 is 0.662 bits per heavy atom. The smallest absolute Gasteiger partial charge is 0.228 e. The zero-order chi connectivity index (χ0) is 44.0. The zero-order valence-corrected chi connectivity index (χ0v) is 35.7. The van der Waals surface area contributed by atoms with Crippen molar-refractivity contribution in [2.24, 2.45) is 9.98 Å². The Balaban J connectivity index is 1.17. The summed E-state index contributed by atoms with van der Waals surface area (Å²) in [7, 11) is 0. The molecule has 6 nitrogen and oxygen atoms in total. The molecule has 0 bridgehead atoms. The summed E-state index contributed by atoms with van der Waals surface area (Å²) in [5.74, 6) is 7.61. The highest BCUT2D eigenvalue weighted by Crippen LogP contribution is 2.42. The van der Waals surface area contributed by atoms with Gasteiger partial charge in [0.1, 0.15) is 16.8 Å². The molecule has 2 heterocycles. The second-order valence-electron chi connectivity index (χ2n) is 15.5. The van der Waals surface area contributed by atoms with Gasteiger partial charge in [0, 0.05) is 34.4 Å². The van der Waals surface area contributed by atoms with Crippen molar-refractivity contribution in [1.82, 2.24) is 9.97 Å². The van der Waals surface area contributed by atoms with E-state index in [9.17, 15) is 0 Å². The standard InChI is InChI=1S/C59H41N5O/c1-40(42-20-14-7-15-21-42)60-59(61-41(2)43-30-32-46(33-31-43)45-24-16-8-17-25-45)64-55-51(48-26-12-5-6-13-27-48)38-39-52-53(55)56-57(65-52)54(49-28-18-9-19-29-49)62-58(63-56)50-36-34-47(35-37-50)44-22-10-3-4-11-23-44/h3,5,7-12,14-26,28-39H,1,6H2,2H3,(H,60,64)/b61-41+. The largest absolute Gasteiger partial charge is 0.452 e. The van der Waals surface area contributed by atoms with Crippen molar-refractivity contribution in [2.45, 2.75) is 13.3 Å². The molecule has 8 aromatic rings. The van der Waals surface area contributed by atoms with Gasteiger partial charge < -0.3 is 9.73 Å². The van der Waals surface area contributed by atoms with E-state index in [0.717, 1.165) is 66.8 Å². The summed E-state index contributed by atoms with van der Waals surface area (Å²) in [6.45, 7) is 6.39. The number of rotatable bonds is 9. The summed E-state index contributed by atoms with van der Waals surface area (Å²) in [5.41, 5.74) is 17.3. The molecule has 2 aliphatic rings. The van der Waals surface area contributed by atoms with Gasteiger partial charge in [0.2, 0.25) is 5.96 Å². The van der Waals surface area contributed by atoms with Crippen LogP contribution in [0.1, 0.15) is 35.6 Å². The molecule has 65 heavy (non-hydrogen) atoms. The van der Waals surface area contributed by atoms with Crippen LogP contribution in [0.15, 0.2) is 227 Å². The number of guanidine groups is 1. The van der Waals surface area contributed by atoms with E-state index in [4.69, 9.17) is 24.4 Å². The van der Waals surface area contributed by atoms with Gasteiger partial charge in [-0.15, -0.1) is 5.73 Å². The second-order valence-corrected chi connectivity index (χ2v) is 15.5. The molecule has 308 valence electrons. The average molecular weight is 836 g/mol. The molecule has 1 N–H and O–H groups in total. The fourth-order valence-electron chi connectivity index (χ4n) is 7.88. The lowest BCUT2D eigenvalue weighted by Crippen LogP contribution is -2.14. The third kappa shape index (κ3) is 8.65. The number of nitrogens with one attached hydrogen (secondary N) is 1. The first-order chi connectivity index (χ1) is 32.1. The maximum absolute atomic E-state index is 6.82. The molecule has 0 saturated heterocycles. The van der Waals surface area contributed by atoms with Crippen molar-refractivity contribution in [2.75, 3.05) is 5.32 Å². The number of hydrogen-bond donors (Lipinski definition) is 1. The Morgan fingerprint density at radius 2 is 1.35 bits per heavy atom. The minimum Gasteiger partial charge on any atom is -0.452 e. The predicted molar refractivity (Wildman–Crippen MR) is 270 cm³/mol. The van der Waals surface area contributed by atoms with Crippen LogP contribution in [0.4, 0.5) is 5.69 Å². The molecule has 0 radical (unpaired) electrons. The van der Waals surface area contributed by atoms with Crippen LogP contribution < -0.4 is 5.32 Å². The van der Waals surface area contributed by atoms with E-state index in [0.29, 0.717) is 52.0 Å². The van der Waals surface area contributed by atoms with Crippen molar-refractivity contribution in [1.29, 1.82) is 0 Å². The average Bonchev–Trinajstić information content (AvgIpc) is 3.55. The summed E-state index contributed by atoms with van der Waals surface area (Å²) < 4.78 is 6.82.